The maximum atomic E-state index is 13.2. The van der Waals surface area contributed by atoms with E-state index in [1.54, 1.807) is 6.20 Å². The van der Waals surface area contributed by atoms with Gasteiger partial charge >= 0.3 is 0 Å². The number of aromatic nitrogens is 4. The van der Waals surface area contributed by atoms with Crippen LogP contribution in [0.25, 0.3) is 5.57 Å². The number of carbonyl (C=O) groups is 1. The van der Waals surface area contributed by atoms with E-state index >= 15 is 0 Å². The standard InChI is InChI=1S/C19H25N5O2/c1-22-16(5-9-20-22)14-7-11-24(12-8-14)19(25)15-4-3-13-26-18(15)17-6-10-21-23(17)2/h5-7,9-10,15,18H,3-4,8,11-13H2,1-2H3/t15-,18-/m1/s1. The van der Waals surface area contributed by atoms with Crippen LogP contribution in [0.3, 0.4) is 0 Å². The summed E-state index contributed by atoms with van der Waals surface area (Å²) in [6.45, 7) is 2.09. The molecule has 0 spiro atoms. The molecule has 2 aliphatic heterocycles. The molecule has 1 amide bonds. The Morgan fingerprint density at radius 2 is 2.00 bits per heavy atom. The molecule has 0 aromatic carbocycles. The molecule has 0 saturated carbocycles. The molecule has 4 heterocycles. The van der Waals surface area contributed by atoms with E-state index in [4.69, 9.17) is 4.74 Å². The molecule has 1 fully saturated rings. The van der Waals surface area contributed by atoms with E-state index in [0.29, 0.717) is 13.2 Å². The monoisotopic (exact) mass is 355 g/mol. The van der Waals surface area contributed by atoms with E-state index in [1.165, 1.54) is 5.57 Å². The maximum absolute atomic E-state index is 13.2. The summed E-state index contributed by atoms with van der Waals surface area (Å²) < 4.78 is 9.69. The lowest BCUT2D eigenvalue weighted by Crippen LogP contribution is -2.43. The van der Waals surface area contributed by atoms with E-state index in [0.717, 1.165) is 37.2 Å². The molecule has 2 aromatic heterocycles. The lowest BCUT2D eigenvalue weighted by Gasteiger charge is -2.36. The Hall–Kier alpha value is -2.41. The number of carbonyl (C=O) groups excluding carboxylic acids is 1. The Morgan fingerprint density at radius 1 is 1.19 bits per heavy atom. The molecule has 7 nitrogen and oxygen atoms in total. The van der Waals surface area contributed by atoms with Crippen molar-refractivity contribution in [1.82, 2.24) is 24.5 Å². The summed E-state index contributed by atoms with van der Waals surface area (Å²) in [6.07, 6.45) is 8.17. The van der Waals surface area contributed by atoms with E-state index in [2.05, 4.69) is 16.3 Å². The van der Waals surface area contributed by atoms with Crippen molar-refractivity contribution in [3.63, 3.8) is 0 Å². The van der Waals surface area contributed by atoms with Gasteiger partial charge in [-0.05, 0) is 37.0 Å². The van der Waals surface area contributed by atoms with E-state index in [1.807, 2.05) is 46.7 Å². The summed E-state index contributed by atoms with van der Waals surface area (Å²) in [6, 6.07) is 3.98. The maximum Gasteiger partial charge on any atom is 0.229 e. The molecular formula is C19H25N5O2. The average molecular weight is 355 g/mol. The highest BCUT2D eigenvalue weighted by Crippen LogP contribution is 2.35. The highest BCUT2D eigenvalue weighted by atomic mass is 16.5. The van der Waals surface area contributed by atoms with Gasteiger partial charge in [0.1, 0.15) is 6.10 Å². The number of ether oxygens (including phenoxy) is 1. The molecule has 0 aliphatic carbocycles. The van der Waals surface area contributed by atoms with Crippen LogP contribution in [0.15, 0.2) is 30.6 Å². The summed E-state index contributed by atoms with van der Waals surface area (Å²) in [5.74, 6) is 0.0574. The van der Waals surface area contributed by atoms with Crippen LogP contribution in [0, 0.1) is 5.92 Å². The molecule has 0 radical (unpaired) electrons. The van der Waals surface area contributed by atoms with E-state index < -0.39 is 0 Å². The first-order valence-electron chi connectivity index (χ1n) is 9.21. The van der Waals surface area contributed by atoms with E-state index in [9.17, 15) is 4.79 Å². The fraction of sp³-hybridized carbons (Fsp3) is 0.526. The van der Waals surface area contributed by atoms with Gasteiger partial charge in [0, 0.05) is 46.2 Å². The van der Waals surface area contributed by atoms with Crippen LogP contribution in [0.1, 0.15) is 36.8 Å². The van der Waals surface area contributed by atoms with Crippen LogP contribution in [-0.4, -0.2) is 50.1 Å². The fourth-order valence-electron chi connectivity index (χ4n) is 4.01. The van der Waals surface area contributed by atoms with Crippen LogP contribution in [0.2, 0.25) is 0 Å². The van der Waals surface area contributed by atoms with Gasteiger partial charge in [0.25, 0.3) is 0 Å². The third kappa shape index (κ3) is 3.07. The minimum absolute atomic E-state index is 0.134. The van der Waals surface area contributed by atoms with Gasteiger partial charge in [-0.1, -0.05) is 6.08 Å². The molecule has 138 valence electrons. The summed E-state index contributed by atoms with van der Waals surface area (Å²) >= 11 is 0. The predicted octanol–water partition coefficient (Wildman–Crippen LogP) is 1.94. The van der Waals surface area contributed by atoms with Crippen molar-refractivity contribution >= 4 is 11.5 Å². The Morgan fingerprint density at radius 3 is 2.65 bits per heavy atom. The van der Waals surface area contributed by atoms with Crippen LogP contribution >= 0.6 is 0 Å². The number of nitrogens with zero attached hydrogens (tertiary/aromatic N) is 5. The Bertz CT molecular complexity index is 822. The first-order valence-corrected chi connectivity index (χ1v) is 9.21. The van der Waals surface area contributed by atoms with Gasteiger partial charge in [-0.2, -0.15) is 10.2 Å². The van der Waals surface area contributed by atoms with Gasteiger partial charge in [0.2, 0.25) is 5.91 Å². The highest BCUT2D eigenvalue weighted by Gasteiger charge is 2.37. The van der Waals surface area contributed by atoms with Crippen LogP contribution in [0.4, 0.5) is 0 Å². The quantitative estimate of drug-likeness (QED) is 0.844. The minimum atomic E-state index is -0.203. The molecule has 7 heteroatoms. The summed E-state index contributed by atoms with van der Waals surface area (Å²) in [7, 11) is 3.85. The van der Waals surface area contributed by atoms with Gasteiger partial charge in [-0.15, -0.1) is 0 Å². The molecular weight excluding hydrogens is 330 g/mol. The van der Waals surface area contributed by atoms with Crippen molar-refractivity contribution in [2.75, 3.05) is 19.7 Å². The van der Waals surface area contributed by atoms with Crippen molar-refractivity contribution in [3.05, 3.63) is 42.0 Å². The van der Waals surface area contributed by atoms with Crippen LogP contribution in [-0.2, 0) is 23.6 Å². The minimum Gasteiger partial charge on any atom is -0.371 e. The molecule has 2 aromatic rings. The summed E-state index contributed by atoms with van der Waals surface area (Å²) in [5, 5.41) is 8.48. The molecule has 4 rings (SSSR count). The second-order valence-electron chi connectivity index (χ2n) is 7.02. The van der Waals surface area contributed by atoms with Crippen molar-refractivity contribution in [1.29, 1.82) is 0 Å². The number of amides is 1. The van der Waals surface area contributed by atoms with Gasteiger partial charge in [-0.3, -0.25) is 14.2 Å². The topological polar surface area (TPSA) is 65.2 Å². The van der Waals surface area contributed by atoms with Gasteiger partial charge in [-0.25, -0.2) is 0 Å². The van der Waals surface area contributed by atoms with Gasteiger partial charge in [0.15, 0.2) is 0 Å². The van der Waals surface area contributed by atoms with E-state index in [-0.39, 0.29) is 17.9 Å². The zero-order valence-electron chi connectivity index (χ0n) is 15.3. The number of aryl methyl sites for hydroxylation is 2. The normalized spacial score (nSPS) is 23.8. The number of hydrogen-bond acceptors (Lipinski definition) is 4. The van der Waals surface area contributed by atoms with Crippen LogP contribution in [0.5, 0.6) is 0 Å². The fourth-order valence-corrected chi connectivity index (χ4v) is 4.01. The molecule has 0 bridgehead atoms. The Kier molecular flexibility index (Phi) is 4.63. The van der Waals surface area contributed by atoms with Gasteiger partial charge < -0.3 is 9.64 Å². The summed E-state index contributed by atoms with van der Waals surface area (Å²) in [4.78, 5) is 15.2. The molecule has 26 heavy (non-hydrogen) atoms. The summed E-state index contributed by atoms with van der Waals surface area (Å²) in [5.41, 5.74) is 3.37. The Labute approximate surface area is 153 Å². The largest absolute Gasteiger partial charge is 0.371 e. The lowest BCUT2D eigenvalue weighted by molar-refractivity contribution is -0.145. The zero-order valence-corrected chi connectivity index (χ0v) is 15.3. The second kappa shape index (κ2) is 7.07. The van der Waals surface area contributed by atoms with Gasteiger partial charge in [0.05, 0.1) is 17.3 Å². The number of hydrogen-bond donors (Lipinski definition) is 0. The SMILES string of the molecule is Cn1nccc1C1=CCN(C(=O)[C@@H]2CCCO[C@H]2c2ccnn2C)CC1. The molecule has 2 aliphatic rings. The first-order chi connectivity index (χ1) is 12.6. The van der Waals surface area contributed by atoms with Crippen molar-refractivity contribution < 1.29 is 9.53 Å². The highest BCUT2D eigenvalue weighted by molar-refractivity contribution is 5.81. The lowest BCUT2D eigenvalue weighted by atomic mass is 9.90. The molecule has 2 atom stereocenters. The number of rotatable bonds is 3. The predicted molar refractivity (Wildman–Crippen MR) is 97.0 cm³/mol. The second-order valence-corrected chi connectivity index (χ2v) is 7.02. The third-order valence-corrected chi connectivity index (χ3v) is 5.46. The van der Waals surface area contributed by atoms with Crippen LogP contribution < -0.4 is 0 Å². The Balaban J connectivity index is 1.49. The first kappa shape index (κ1) is 17.0. The van der Waals surface area contributed by atoms with Crippen molar-refractivity contribution in [2.24, 2.45) is 20.0 Å². The smallest absolute Gasteiger partial charge is 0.229 e. The van der Waals surface area contributed by atoms with Crippen molar-refractivity contribution in [3.8, 4) is 0 Å². The molecule has 1 saturated heterocycles. The third-order valence-electron chi connectivity index (χ3n) is 5.46. The molecule has 0 unspecified atom stereocenters. The molecule has 0 N–H and O–H groups in total. The van der Waals surface area contributed by atoms with Crippen molar-refractivity contribution in [2.45, 2.75) is 25.4 Å². The average Bonchev–Trinajstić information content (AvgIpc) is 3.29. The zero-order chi connectivity index (χ0) is 18.1.